The number of hydrogen-bond donors (Lipinski definition) is 1. The lowest BCUT2D eigenvalue weighted by Crippen LogP contribution is -2.21. The van der Waals surface area contributed by atoms with Gasteiger partial charge in [-0.1, -0.05) is 18.2 Å². The zero-order chi connectivity index (χ0) is 12.1. The van der Waals surface area contributed by atoms with Crippen LogP contribution in [-0.4, -0.2) is 11.7 Å². The summed E-state index contributed by atoms with van der Waals surface area (Å²) in [7, 11) is 0. The summed E-state index contributed by atoms with van der Waals surface area (Å²) in [5.41, 5.74) is 1.18. The van der Waals surface area contributed by atoms with Gasteiger partial charge in [-0.05, 0) is 31.2 Å². The molecule has 0 spiro atoms. The van der Waals surface area contributed by atoms with Crippen LogP contribution in [0.3, 0.4) is 0 Å². The van der Waals surface area contributed by atoms with E-state index in [0.717, 1.165) is 18.8 Å². The molecular weight excluding hydrogens is 214 g/mol. The third-order valence-corrected chi connectivity index (χ3v) is 2.72. The van der Waals surface area contributed by atoms with Gasteiger partial charge in [0.25, 0.3) is 0 Å². The van der Waals surface area contributed by atoms with Crippen LogP contribution in [-0.2, 0) is 13.2 Å². The van der Waals surface area contributed by atoms with Gasteiger partial charge >= 0.3 is 0 Å². The zero-order valence-corrected chi connectivity index (χ0v) is 9.97. The average Bonchev–Trinajstić information content (AvgIpc) is 2.84. The summed E-state index contributed by atoms with van der Waals surface area (Å²) in [5.74, 6) is 1.49. The number of aliphatic hydroxyl groups excluding tert-OH is 1. The molecule has 0 bridgehead atoms. The fraction of sp³-hybridized carbons (Fsp3) is 0.286. The topological polar surface area (TPSA) is 36.6 Å². The van der Waals surface area contributed by atoms with Crippen molar-refractivity contribution in [2.75, 3.05) is 11.4 Å². The number of nitrogens with zero attached hydrogens (tertiary/aromatic N) is 1. The molecule has 0 aliphatic rings. The summed E-state index contributed by atoms with van der Waals surface area (Å²) >= 11 is 0. The van der Waals surface area contributed by atoms with Gasteiger partial charge in [-0.3, -0.25) is 0 Å². The molecule has 0 radical (unpaired) electrons. The summed E-state index contributed by atoms with van der Waals surface area (Å²) in [6.07, 6.45) is 0. The standard InChI is InChI=1S/C14H17NO2/c1-2-15(12-6-4-3-5-7-12)10-13-8-9-14(11-16)17-13/h3-9,16H,2,10-11H2,1H3. The molecular formula is C14H17NO2. The molecule has 0 fully saturated rings. The van der Waals surface area contributed by atoms with Crippen LogP contribution in [0.25, 0.3) is 0 Å². The SMILES string of the molecule is CCN(Cc1ccc(CO)o1)c1ccccc1. The van der Waals surface area contributed by atoms with E-state index in [2.05, 4.69) is 24.0 Å². The first-order valence-electron chi connectivity index (χ1n) is 5.82. The number of furan rings is 1. The molecule has 90 valence electrons. The fourth-order valence-electron chi connectivity index (χ4n) is 1.80. The number of para-hydroxylation sites is 1. The number of hydrogen-bond acceptors (Lipinski definition) is 3. The number of rotatable bonds is 5. The Morgan fingerprint density at radius 1 is 1.06 bits per heavy atom. The quantitative estimate of drug-likeness (QED) is 0.859. The Kier molecular flexibility index (Phi) is 3.83. The molecule has 1 N–H and O–H groups in total. The van der Waals surface area contributed by atoms with Crippen LogP contribution in [0, 0.1) is 0 Å². The maximum Gasteiger partial charge on any atom is 0.129 e. The Labute approximate surface area is 101 Å². The highest BCUT2D eigenvalue weighted by Gasteiger charge is 2.07. The van der Waals surface area contributed by atoms with E-state index < -0.39 is 0 Å². The molecule has 0 amide bonds. The predicted octanol–water partition coefficient (Wildman–Crippen LogP) is 2.80. The van der Waals surface area contributed by atoms with Crippen LogP contribution in [0.15, 0.2) is 46.9 Å². The summed E-state index contributed by atoms with van der Waals surface area (Å²) in [6, 6.07) is 14.0. The second-order valence-corrected chi connectivity index (χ2v) is 3.88. The van der Waals surface area contributed by atoms with Crippen molar-refractivity contribution >= 4 is 5.69 Å². The molecule has 17 heavy (non-hydrogen) atoms. The van der Waals surface area contributed by atoms with Crippen molar-refractivity contribution in [1.29, 1.82) is 0 Å². The van der Waals surface area contributed by atoms with Gasteiger partial charge in [0.05, 0.1) is 6.54 Å². The first-order valence-corrected chi connectivity index (χ1v) is 5.82. The van der Waals surface area contributed by atoms with Crippen molar-refractivity contribution in [3.05, 3.63) is 54.0 Å². The summed E-state index contributed by atoms with van der Waals surface area (Å²) in [5, 5.41) is 8.95. The maximum absolute atomic E-state index is 8.95. The van der Waals surface area contributed by atoms with E-state index in [1.807, 2.05) is 30.3 Å². The van der Waals surface area contributed by atoms with Crippen molar-refractivity contribution in [3.63, 3.8) is 0 Å². The minimum Gasteiger partial charge on any atom is -0.462 e. The van der Waals surface area contributed by atoms with E-state index in [1.165, 1.54) is 5.69 Å². The van der Waals surface area contributed by atoms with Gasteiger partial charge in [0, 0.05) is 12.2 Å². The van der Waals surface area contributed by atoms with Gasteiger partial charge in [-0.25, -0.2) is 0 Å². The van der Waals surface area contributed by atoms with E-state index in [9.17, 15) is 0 Å². The second kappa shape index (κ2) is 5.55. The van der Waals surface area contributed by atoms with Gasteiger partial charge in [0.2, 0.25) is 0 Å². The molecule has 0 saturated carbocycles. The molecule has 1 heterocycles. The molecule has 3 nitrogen and oxygen atoms in total. The first kappa shape index (κ1) is 11.7. The second-order valence-electron chi connectivity index (χ2n) is 3.88. The van der Waals surface area contributed by atoms with Crippen LogP contribution >= 0.6 is 0 Å². The van der Waals surface area contributed by atoms with Gasteiger partial charge in [-0.2, -0.15) is 0 Å². The van der Waals surface area contributed by atoms with Crippen molar-refractivity contribution in [1.82, 2.24) is 0 Å². The predicted molar refractivity (Wildman–Crippen MR) is 67.8 cm³/mol. The Morgan fingerprint density at radius 3 is 2.35 bits per heavy atom. The highest BCUT2D eigenvalue weighted by Crippen LogP contribution is 2.17. The van der Waals surface area contributed by atoms with E-state index in [-0.39, 0.29) is 6.61 Å². The molecule has 1 aromatic heterocycles. The van der Waals surface area contributed by atoms with Crippen LogP contribution in [0.1, 0.15) is 18.4 Å². The zero-order valence-electron chi connectivity index (χ0n) is 9.97. The van der Waals surface area contributed by atoms with Crippen molar-refractivity contribution in [3.8, 4) is 0 Å². The summed E-state index contributed by atoms with van der Waals surface area (Å²) < 4.78 is 5.49. The first-order chi connectivity index (χ1) is 8.33. The Bertz CT molecular complexity index is 450. The van der Waals surface area contributed by atoms with Crippen molar-refractivity contribution in [2.45, 2.75) is 20.1 Å². The van der Waals surface area contributed by atoms with Gasteiger partial charge < -0.3 is 14.4 Å². The molecule has 0 aliphatic heterocycles. The monoisotopic (exact) mass is 231 g/mol. The molecule has 1 aromatic carbocycles. The minimum atomic E-state index is -0.0442. The molecule has 3 heteroatoms. The normalized spacial score (nSPS) is 10.5. The van der Waals surface area contributed by atoms with Gasteiger partial charge in [-0.15, -0.1) is 0 Å². The van der Waals surface area contributed by atoms with Gasteiger partial charge in [0.15, 0.2) is 0 Å². The van der Waals surface area contributed by atoms with Crippen LogP contribution in [0.5, 0.6) is 0 Å². The van der Waals surface area contributed by atoms with E-state index in [1.54, 1.807) is 0 Å². The molecule has 2 rings (SSSR count). The Balaban J connectivity index is 2.10. The summed E-state index contributed by atoms with van der Waals surface area (Å²) in [6.45, 7) is 3.71. The highest BCUT2D eigenvalue weighted by atomic mass is 16.4. The number of aliphatic hydroxyl groups is 1. The van der Waals surface area contributed by atoms with Gasteiger partial charge in [0.1, 0.15) is 18.1 Å². The van der Waals surface area contributed by atoms with Crippen LogP contribution in [0.4, 0.5) is 5.69 Å². The Morgan fingerprint density at radius 2 is 1.76 bits per heavy atom. The van der Waals surface area contributed by atoms with Crippen LogP contribution < -0.4 is 4.90 Å². The molecule has 0 aliphatic carbocycles. The minimum absolute atomic E-state index is 0.0442. The van der Waals surface area contributed by atoms with E-state index >= 15 is 0 Å². The number of anilines is 1. The lowest BCUT2D eigenvalue weighted by Gasteiger charge is -2.21. The smallest absolute Gasteiger partial charge is 0.129 e. The fourth-order valence-corrected chi connectivity index (χ4v) is 1.80. The lowest BCUT2D eigenvalue weighted by molar-refractivity contribution is 0.243. The summed E-state index contributed by atoms with van der Waals surface area (Å²) in [4.78, 5) is 2.22. The molecule has 2 aromatic rings. The van der Waals surface area contributed by atoms with E-state index in [0.29, 0.717) is 5.76 Å². The van der Waals surface area contributed by atoms with Crippen molar-refractivity contribution in [2.24, 2.45) is 0 Å². The van der Waals surface area contributed by atoms with E-state index in [4.69, 9.17) is 9.52 Å². The van der Waals surface area contributed by atoms with Crippen LogP contribution in [0.2, 0.25) is 0 Å². The highest BCUT2D eigenvalue weighted by molar-refractivity contribution is 5.45. The van der Waals surface area contributed by atoms with Crippen molar-refractivity contribution < 1.29 is 9.52 Å². The lowest BCUT2D eigenvalue weighted by atomic mass is 10.2. The average molecular weight is 231 g/mol. The third-order valence-electron chi connectivity index (χ3n) is 2.72. The molecule has 0 unspecified atom stereocenters. The molecule has 0 saturated heterocycles. The molecule has 0 atom stereocenters. The maximum atomic E-state index is 8.95. The Hall–Kier alpha value is -1.74. The third kappa shape index (κ3) is 2.88. The largest absolute Gasteiger partial charge is 0.462 e. The number of benzene rings is 1.